The van der Waals surface area contributed by atoms with E-state index in [0.29, 0.717) is 11.3 Å². The van der Waals surface area contributed by atoms with Gasteiger partial charge in [-0.25, -0.2) is 8.42 Å². The molecule has 0 aliphatic carbocycles. The molecule has 1 aromatic carbocycles. The molecule has 0 aromatic heterocycles. The molecular weight excluding hydrogens is 262 g/mol. The molecule has 0 radical (unpaired) electrons. The highest BCUT2D eigenvalue weighted by molar-refractivity contribution is 8.13. The van der Waals surface area contributed by atoms with Crippen molar-refractivity contribution in [1.29, 1.82) is 0 Å². The highest BCUT2D eigenvalue weighted by Gasteiger charge is 2.13. The lowest BCUT2D eigenvalue weighted by Crippen LogP contribution is -2.18. The third-order valence-corrected chi connectivity index (χ3v) is 3.61. The molecule has 0 aliphatic rings. The molecule has 0 heterocycles. The summed E-state index contributed by atoms with van der Waals surface area (Å²) in [6, 6.07) is 4.33. The summed E-state index contributed by atoms with van der Waals surface area (Å²) < 4.78 is 22.2. The Kier molecular flexibility index (Phi) is 4.16. The van der Waals surface area contributed by atoms with E-state index in [9.17, 15) is 13.2 Å². The number of hydrogen-bond donors (Lipinski definition) is 1. The molecule has 4 nitrogen and oxygen atoms in total. The van der Waals surface area contributed by atoms with Gasteiger partial charge in [0.1, 0.15) is 0 Å². The van der Waals surface area contributed by atoms with Gasteiger partial charge in [-0.1, -0.05) is 13.8 Å². The topological polar surface area (TPSA) is 63.2 Å². The Labute approximate surface area is 105 Å². The van der Waals surface area contributed by atoms with Gasteiger partial charge in [-0.2, -0.15) is 0 Å². The second-order valence-electron chi connectivity index (χ2n) is 4.06. The summed E-state index contributed by atoms with van der Waals surface area (Å²) in [7, 11) is 1.50. The van der Waals surface area contributed by atoms with Crippen molar-refractivity contribution in [1.82, 2.24) is 0 Å². The van der Waals surface area contributed by atoms with E-state index in [2.05, 4.69) is 5.32 Å². The molecule has 0 spiro atoms. The van der Waals surface area contributed by atoms with Gasteiger partial charge in [0.2, 0.25) is 5.91 Å². The Bertz CT molecular complexity index is 538. The number of hydrogen-bond acceptors (Lipinski definition) is 3. The molecule has 1 N–H and O–H groups in total. The molecule has 0 atom stereocenters. The Balaban J connectivity index is 3.03. The van der Waals surface area contributed by atoms with Crippen LogP contribution in [0, 0.1) is 12.8 Å². The zero-order valence-electron chi connectivity index (χ0n) is 9.82. The van der Waals surface area contributed by atoms with Crippen molar-refractivity contribution >= 4 is 31.3 Å². The van der Waals surface area contributed by atoms with Crippen molar-refractivity contribution in [3.05, 3.63) is 23.8 Å². The molecule has 0 bridgehead atoms. The van der Waals surface area contributed by atoms with E-state index in [0.717, 1.165) is 0 Å². The normalized spacial score (nSPS) is 11.6. The van der Waals surface area contributed by atoms with Gasteiger partial charge < -0.3 is 5.32 Å². The molecule has 1 rings (SSSR count). The van der Waals surface area contributed by atoms with Crippen molar-refractivity contribution in [3.63, 3.8) is 0 Å². The van der Waals surface area contributed by atoms with E-state index < -0.39 is 9.05 Å². The summed E-state index contributed by atoms with van der Waals surface area (Å²) >= 11 is 0. The van der Waals surface area contributed by atoms with Gasteiger partial charge in [0, 0.05) is 22.3 Å². The van der Waals surface area contributed by atoms with Gasteiger partial charge in [-0.15, -0.1) is 0 Å². The second kappa shape index (κ2) is 5.06. The van der Waals surface area contributed by atoms with Crippen LogP contribution in [0.15, 0.2) is 23.1 Å². The van der Waals surface area contributed by atoms with Gasteiger partial charge in [0.05, 0.1) is 4.90 Å². The first kappa shape index (κ1) is 14.0. The van der Waals surface area contributed by atoms with Crippen molar-refractivity contribution in [2.24, 2.45) is 5.92 Å². The maximum atomic E-state index is 11.5. The smallest absolute Gasteiger partial charge is 0.261 e. The molecule has 17 heavy (non-hydrogen) atoms. The van der Waals surface area contributed by atoms with E-state index in [4.69, 9.17) is 10.7 Å². The average molecular weight is 276 g/mol. The van der Waals surface area contributed by atoms with Crippen LogP contribution in [0.3, 0.4) is 0 Å². The third-order valence-electron chi connectivity index (χ3n) is 2.26. The molecule has 1 amide bonds. The van der Waals surface area contributed by atoms with Crippen LogP contribution in [-0.4, -0.2) is 14.3 Å². The van der Waals surface area contributed by atoms with Crippen LogP contribution in [0.4, 0.5) is 5.69 Å². The first-order chi connectivity index (χ1) is 7.71. The summed E-state index contributed by atoms with van der Waals surface area (Å²) in [6.45, 7) is 5.27. The maximum Gasteiger partial charge on any atom is 0.261 e. The largest absolute Gasteiger partial charge is 0.326 e. The van der Waals surface area contributed by atoms with Crippen molar-refractivity contribution < 1.29 is 13.2 Å². The fraction of sp³-hybridized carbons (Fsp3) is 0.364. The van der Waals surface area contributed by atoms with Crippen molar-refractivity contribution in [3.8, 4) is 0 Å². The fourth-order valence-electron chi connectivity index (χ4n) is 1.21. The SMILES string of the molecule is Cc1cc(S(=O)(=O)Cl)ccc1NC(=O)C(C)C. The molecular formula is C11H14ClNO3S. The standard InChI is InChI=1S/C11H14ClNO3S/c1-7(2)11(14)13-10-5-4-9(6-8(10)3)17(12,15)16/h4-7H,1-3H3,(H,13,14). The first-order valence-electron chi connectivity index (χ1n) is 5.08. The highest BCUT2D eigenvalue weighted by Crippen LogP contribution is 2.22. The lowest BCUT2D eigenvalue weighted by Gasteiger charge is -2.10. The van der Waals surface area contributed by atoms with E-state index >= 15 is 0 Å². The first-order valence-corrected chi connectivity index (χ1v) is 7.39. The van der Waals surface area contributed by atoms with Gasteiger partial charge >= 0.3 is 0 Å². The highest BCUT2D eigenvalue weighted by atomic mass is 35.7. The van der Waals surface area contributed by atoms with Gasteiger partial charge in [-0.05, 0) is 30.7 Å². The van der Waals surface area contributed by atoms with Gasteiger partial charge in [0.15, 0.2) is 0 Å². The predicted octanol–water partition coefficient (Wildman–Crippen LogP) is 2.52. The molecule has 0 saturated heterocycles. The molecule has 1 aromatic rings. The van der Waals surface area contributed by atoms with Crippen molar-refractivity contribution in [2.75, 3.05) is 5.32 Å². The molecule has 94 valence electrons. The second-order valence-corrected chi connectivity index (χ2v) is 6.62. The van der Waals surface area contributed by atoms with E-state index in [-0.39, 0.29) is 16.7 Å². The molecule has 6 heteroatoms. The minimum Gasteiger partial charge on any atom is -0.326 e. The van der Waals surface area contributed by atoms with Gasteiger partial charge in [0.25, 0.3) is 9.05 Å². The van der Waals surface area contributed by atoms with Crippen LogP contribution in [0.25, 0.3) is 0 Å². The number of anilines is 1. The summed E-state index contributed by atoms with van der Waals surface area (Å²) in [5.74, 6) is -0.250. The minimum atomic E-state index is -3.73. The van der Waals surface area contributed by atoms with Crippen LogP contribution in [0.1, 0.15) is 19.4 Å². The number of aryl methyl sites for hydroxylation is 1. The molecule has 0 saturated carbocycles. The van der Waals surface area contributed by atoms with E-state index in [1.807, 2.05) is 0 Å². The number of carbonyl (C=O) groups excluding carboxylic acids is 1. The van der Waals surface area contributed by atoms with Crippen LogP contribution in [0.5, 0.6) is 0 Å². The minimum absolute atomic E-state index is 0.0270. The Morgan fingerprint density at radius 2 is 1.94 bits per heavy atom. The number of halogens is 1. The molecule has 0 aliphatic heterocycles. The van der Waals surface area contributed by atoms with Crippen LogP contribution in [-0.2, 0) is 13.8 Å². The van der Waals surface area contributed by atoms with Crippen LogP contribution in [0.2, 0.25) is 0 Å². The van der Waals surface area contributed by atoms with Crippen molar-refractivity contribution in [2.45, 2.75) is 25.7 Å². The number of nitrogens with one attached hydrogen (secondary N) is 1. The summed E-state index contributed by atoms with van der Waals surface area (Å²) in [5.41, 5.74) is 1.24. The van der Waals surface area contributed by atoms with E-state index in [1.165, 1.54) is 18.2 Å². The molecule has 0 unspecified atom stereocenters. The Hall–Kier alpha value is -1.07. The Morgan fingerprint density at radius 3 is 2.35 bits per heavy atom. The lowest BCUT2D eigenvalue weighted by atomic mass is 10.1. The summed E-state index contributed by atoms with van der Waals surface area (Å²) in [5, 5.41) is 2.71. The zero-order chi connectivity index (χ0) is 13.2. The molecule has 0 fully saturated rings. The predicted molar refractivity (Wildman–Crippen MR) is 67.7 cm³/mol. The lowest BCUT2D eigenvalue weighted by molar-refractivity contribution is -0.118. The van der Waals surface area contributed by atoms with Crippen LogP contribution >= 0.6 is 10.7 Å². The number of amides is 1. The Morgan fingerprint density at radius 1 is 1.35 bits per heavy atom. The number of rotatable bonds is 3. The fourth-order valence-corrected chi connectivity index (χ4v) is 2.04. The zero-order valence-corrected chi connectivity index (χ0v) is 11.4. The average Bonchev–Trinajstić information content (AvgIpc) is 2.19. The summed E-state index contributed by atoms with van der Waals surface area (Å²) in [4.78, 5) is 11.5. The summed E-state index contributed by atoms with van der Waals surface area (Å²) in [6.07, 6.45) is 0. The number of carbonyl (C=O) groups is 1. The van der Waals surface area contributed by atoms with E-state index in [1.54, 1.807) is 20.8 Å². The quantitative estimate of drug-likeness (QED) is 0.862. The third kappa shape index (κ3) is 3.71. The number of benzene rings is 1. The monoisotopic (exact) mass is 275 g/mol. The maximum absolute atomic E-state index is 11.5. The van der Waals surface area contributed by atoms with Gasteiger partial charge in [-0.3, -0.25) is 4.79 Å². The van der Waals surface area contributed by atoms with Crippen LogP contribution < -0.4 is 5.32 Å².